The van der Waals surface area contributed by atoms with Crippen LogP contribution >= 0.6 is 0 Å². The molecule has 0 saturated carbocycles. The van der Waals surface area contributed by atoms with Crippen LogP contribution in [0, 0.1) is 31.1 Å². The summed E-state index contributed by atoms with van der Waals surface area (Å²) in [5.74, 6) is 0.153. The van der Waals surface area contributed by atoms with Gasteiger partial charge in [-0.15, -0.1) is 0 Å². The largest absolute Gasteiger partial charge is 0.462 e. The van der Waals surface area contributed by atoms with Crippen LogP contribution < -0.4 is 9.80 Å². The van der Waals surface area contributed by atoms with E-state index in [1.807, 2.05) is 44.2 Å². The summed E-state index contributed by atoms with van der Waals surface area (Å²) in [6, 6.07) is 14.6. The van der Waals surface area contributed by atoms with Gasteiger partial charge in [-0.1, -0.05) is 25.1 Å². The zero-order valence-electron chi connectivity index (χ0n) is 19.3. The van der Waals surface area contributed by atoms with E-state index in [2.05, 4.69) is 42.7 Å². The first kappa shape index (κ1) is 22.7. The molecule has 2 aromatic rings. The van der Waals surface area contributed by atoms with Crippen LogP contribution in [0.5, 0.6) is 0 Å². The van der Waals surface area contributed by atoms with Crippen molar-refractivity contribution in [1.82, 2.24) is 0 Å². The SMILES string of the molecule is CCOC(=O)c1cc(N(CC)C2CCN(c3ccccc3C#N)CC2C)c(C)cc1C. The van der Waals surface area contributed by atoms with Crippen molar-refractivity contribution >= 4 is 17.3 Å². The average Bonchev–Trinajstić information content (AvgIpc) is 2.76. The second kappa shape index (κ2) is 9.87. The van der Waals surface area contributed by atoms with E-state index in [9.17, 15) is 10.1 Å². The summed E-state index contributed by atoms with van der Waals surface area (Å²) < 4.78 is 5.28. The Morgan fingerprint density at radius 3 is 2.61 bits per heavy atom. The molecule has 2 atom stereocenters. The lowest BCUT2D eigenvalue weighted by Gasteiger charge is -2.45. The fourth-order valence-electron chi connectivity index (χ4n) is 4.82. The maximum absolute atomic E-state index is 12.5. The Bertz CT molecular complexity index is 979. The Kier molecular flexibility index (Phi) is 7.22. The van der Waals surface area contributed by atoms with E-state index < -0.39 is 0 Å². The molecule has 1 fully saturated rings. The van der Waals surface area contributed by atoms with Gasteiger partial charge in [0.05, 0.1) is 23.4 Å². The van der Waals surface area contributed by atoms with Gasteiger partial charge in [0.25, 0.3) is 0 Å². The van der Waals surface area contributed by atoms with Crippen molar-refractivity contribution in [2.75, 3.05) is 36.0 Å². The second-order valence-electron chi connectivity index (χ2n) is 8.37. The summed E-state index contributed by atoms with van der Waals surface area (Å²) in [6.07, 6.45) is 0.997. The molecule has 0 aliphatic carbocycles. The zero-order valence-corrected chi connectivity index (χ0v) is 19.3. The molecule has 0 amide bonds. The third-order valence-electron chi connectivity index (χ3n) is 6.31. The summed E-state index contributed by atoms with van der Waals surface area (Å²) in [6.45, 7) is 13.4. The normalized spacial score (nSPS) is 18.4. The number of rotatable bonds is 6. The highest BCUT2D eigenvalue weighted by Crippen LogP contribution is 2.33. The third kappa shape index (κ3) is 4.69. The minimum atomic E-state index is -0.256. The van der Waals surface area contributed by atoms with Crippen LogP contribution in [0.4, 0.5) is 11.4 Å². The number of hydrogen-bond acceptors (Lipinski definition) is 5. The fourth-order valence-corrected chi connectivity index (χ4v) is 4.82. The quantitative estimate of drug-likeness (QED) is 0.610. The molecule has 0 N–H and O–H groups in total. The molecule has 1 saturated heterocycles. The first-order valence-electron chi connectivity index (χ1n) is 11.2. The molecule has 5 nitrogen and oxygen atoms in total. The van der Waals surface area contributed by atoms with E-state index in [0.29, 0.717) is 24.1 Å². The van der Waals surface area contributed by atoms with Gasteiger partial charge < -0.3 is 14.5 Å². The van der Waals surface area contributed by atoms with Crippen molar-refractivity contribution in [2.24, 2.45) is 5.92 Å². The van der Waals surface area contributed by atoms with Crippen LogP contribution in [0.1, 0.15) is 54.2 Å². The molecule has 5 heteroatoms. The highest BCUT2D eigenvalue weighted by atomic mass is 16.5. The average molecular weight is 420 g/mol. The molecule has 1 heterocycles. The van der Waals surface area contributed by atoms with E-state index in [1.165, 1.54) is 5.56 Å². The lowest BCUT2D eigenvalue weighted by atomic mass is 9.90. The zero-order chi connectivity index (χ0) is 22.5. The number of nitrogens with zero attached hydrogens (tertiary/aromatic N) is 3. The summed E-state index contributed by atoms with van der Waals surface area (Å²) in [4.78, 5) is 17.2. The number of anilines is 2. The molecule has 31 heavy (non-hydrogen) atoms. The minimum Gasteiger partial charge on any atom is -0.462 e. The number of carbonyl (C=O) groups is 1. The van der Waals surface area contributed by atoms with Crippen LogP contribution in [-0.2, 0) is 4.74 Å². The van der Waals surface area contributed by atoms with E-state index in [4.69, 9.17) is 4.74 Å². The first-order valence-corrected chi connectivity index (χ1v) is 11.2. The molecule has 0 radical (unpaired) electrons. The standard InChI is InChI=1S/C26H33N3O2/c1-6-29(25-15-22(26(30)31-7-2)18(3)14-19(25)4)23-12-13-28(17-20(23)5)24-11-9-8-10-21(24)16-27/h8-11,14-15,20,23H,6-7,12-13,17H2,1-5H3. The Morgan fingerprint density at radius 1 is 1.23 bits per heavy atom. The Labute approximate surface area is 186 Å². The topological polar surface area (TPSA) is 56.6 Å². The predicted molar refractivity (Wildman–Crippen MR) is 126 cm³/mol. The lowest BCUT2D eigenvalue weighted by molar-refractivity contribution is 0.0525. The van der Waals surface area contributed by atoms with E-state index in [1.54, 1.807) is 0 Å². The molecule has 3 rings (SSSR count). The number of benzene rings is 2. The Morgan fingerprint density at radius 2 is 1.97 bits per heavy atom. The maximum Gasteiger partial charge on any atom is 0.338 e. The first-order chi connectivity index (χ1) is 14.9. The highest BCUT2D eigenvalue weighted by Gasteiger charge is 2.32. The van der Waals surface area contributed by atoms with Gasteiger partial charge in [0, 0.05) is 31.4 Å². The fraction of sp³-hybridized carbons (Fsp3) is 0.462. The van der Waals surface area contributed by atoms with E-state index in [-0.39, 0.29) is 5.97 Å². The minimum absolute atomic E-state index is 0.256. The Hall–Kier alpha value is -3.00. The van der Waals surface area contributed by atoms with Gasteiger partial charge in [0.15, 0.2) is 0 Å². The van der Waals surface area contributed by atoms with Crippen LogP contribution in [0.2, 0.25) is 0 Å². The molecule has 2 aromatic carbocycles. The summed E-state index contributed by atoms with van der Waals surface area (Å²) >= 11 is 0. The number of piperidine rings is 1. The predicted octanol–water partition coefficient (Wildman–Crippen LogP) is 5.09. The molecule has 0 spiro atoms. The Balaban J connectivity index is 1.86. The van der Waals surface area contributed by atoms with Crippen molar-refractivity contribution in [2.45, 2.75) is 47.1 Å². The van der Waals surface area contributed by atoms with E-state index >= 15 is 0 Å². The summed E-state index contributed by atoms with van der Waals surface area (Å²) in [5, 5.41) is 9.48. The van der Waals surface area contributed by atoms with E-state index in [0.717, 1.165) is 48.6 Å². The van der Waals surface area contributed by atoms with Gasteiger partial charge in [0.1, 0.15) is 6.07 Å². The van der Waals surface area contributed by atoms with Crippen molar-refractivity contribution in [3.8, 4) is 6.07 Å². The molecule has 0 aromatic heterocycles. The van der Waals surface area contributed by atoms with Gasteiger partial charge >= 0.3 is 5.97 Å². The van der Waals surface area contributed by atoms with Crippen LogP contribution in [-0.4, -0.2) is 38.3 Å². The molecule has 164 valence electrons. The van der Waals surface area contributed by atoms with Crippen molar-refractivity contribution < 1.29 is 9.53 Å². The number of ether oxygens (including phenoxy) is 1. The van der Waals surface area contributed by atoms with Crippen molar-refractivity contribution in [3.63, 3.8) is 0 Å². The molecule has 1 aliphatic heterocycles. The van der Waals surface area contributed by atoms with Crippen LogP contribution in [0.3, 0.4) is 0 Å². The van der Waals surface area contributed by atoms with Gasteiger partial charge in [-0.2, -0.15) is 5.26 Å². The van der Waals surface area contributed by atoms with Crippen LogP contribution in [0.15, 0.2) is 36.4 Å². The molecular weight excluding hydrogens is 386 g/mol. The molecule has 0 bridgehead atoms. The van der Waals surface area contributed by atoms with Gasteiger partial charge in [-0.25, -0.2) is 4.79 Å². The third-order valence-corrected chi connectivity index (χ3v) is 6.31. The summed E-state index contributed by atoms with van der Waals surface area (Å²) in [5.41, 5.74) is 5.64. The number of nitriles is 1. The second-order valence-corrected chi connectivity index (χ2v) is 8.37. The van der Waals surface area contributed by atoms with Gasteiger partial charge in [-0.05, 0) is 69.4 Å². The van der Waals surface area contributed by atoms with Gasteiger partial charge in [0.2, 0.25) is 0 Å². The van der Waals surface area contributed by atoms with Crippen molar-refractivity contribution in [3.05, 3.63) is 58.7 Å². The number of esters is 1. The van der Waals surface area contributed by atoms with Crippen molar-refractivity contribution in [1.29, 1.82) is 5.26 Å². The molecular formula is C26H33N3O2. The number of carbonyl (C=O) groups excluding carboxylic acids is 1. The van der Waals surface area contributed by atoms with Crippen LogP contribution in [0.25, 0.3) is 0 Å². The lowest BCUT2D eigenvalue weighted by Crippen LogP contribution is -2.51. The molecule has 2 unspecified atom stereocenters. The maximum atomic E-state index is 12.5. The summed E-state index contributed by atoms with van der Waals surface area (Å²) in [7, 11) is 0. The number of hydrogen-bond donors (Lipinski definition) is 0. The molecule has 1 aliphatic rings. The highest BCUT2D eigenvalue weighted by molar-refractivity contribution is 5.92. The monoisotopic (exact) mass is 419 g/mol. The number of aryl methyl sites for hydroxylation is 2. The smallest absolute Gasteiger partial charge is 0.338 e. The van der Waals surface area contributed by atoms with Gasteiger partial charge in [-0.3, -0.25) is 0 Å². The number of para-hydroxylation sites is 1.